The van der Waals surface area contributed by atoms with Gasteiger partial charge in [-0.15, -0.1) is 0 Å². The van der Waals surface area contributed by atoms with Crippen molar-refractivity contribution in [3.63, 3.8) is 0 Å². The fourth-order valence-electron chi connectivity index (χ4n) is 3.23. The largest absolute Gasteiger partial charge is 0.392 e. The van der Waals surface area contributed by atoms with Crippen molar-refractivity contribution in [3.8, 4) is 0 Å². The summed E-state index contributed by atoms with van der Waals surface area (Å²) < 4.78 is 1.97. The zero-order valence-electron chi connectivity index (χ0n) is 10.7. The van der Waals surface area contributed by atoms with Crippen molar-refractivity contribution < 1.29 is 5.11 Å². The Morgan fingerprint density at radius 2 is 2.06 bits per heavy atom. The molecule has 17 heavy (non-hydrogen) atoms. The van der Waals surface area contributed by atoms with Crippen molar-refractivity contribution in [2.24, 2.45) is 17.8 Å². The van der Waals surface area contributed by atoms with Gasteiger partial charge in [-0.1, -0.05) is 0 Å². The van der Waals surface area contributed by atoms with E-state index in [0.29, 0.717) is 12.0 Å². The fraction of sp³-hybridized carbons (Fsp3) is 0.786. The van der Waals surface area contributed by atoms with E-state index in [0.717, 1.165) is 24.0 Å². The van der Waals surface area contributed by atoms with Crippen LogP contribution in [0.1, 0.15) is 44.8 Å². The molecule has 1 aromatic rings. The standard InChI is InChI=1S/C14H22N2O/c1-9(2)16-4-3-13(15-16)8-14(17)12-6-10-5-11(10)7-12/h3-4,9-12,14,17H,5-8H2,1-2H3. The molecule has 3 atom stereocenters. The molecule has 3 unspecified atom stereocenters. The molecule has 2 aliphatic carbocycles. The Morgan fingerprint density at radius 3 is 2.65 bits per heavy atom. The van der Waals surface area contributed by atoms with Crippen LogP contribution in [0.2, 0.25) is 0 Å². The van der Waals surface area contributed by atoms with E-state index < -0.39 is 0 Å². The van der Waals surface area contributed by atoms with Crippen LogP contribution >= 0.6 is 0 Å². The SMILES string of the molecule is CC(C)n1ccc(CC(O)C2CC3CC3C2)n1. The maximum Gasteiger partial charge on any atom is 0.0650 e. The van der Waals surface area contributed by atoms with Crippen LogP contribution in [-0.4, -0.2) is 21.0 Å². The van der Waals surface area contributed by atoms with Crippen LogP contribution in [0.15, 0.2) is 12.3 Å². The highest BCUT2D eigenvalue weighted by atomic mass is 16.3. The van der Waals surface area contributed by atoms with E-state index in [1.54, 1.807) is 0 Å². The summed E-state index contributed by atoms with van der Waals surface area (Å²) >= 11 is 0. The molecule has 0 aliphatic heterocycles. The quantitative estimate of drug-likeness (QED) is 0.868. The van der Waals surface area contributed by atoms with Gasteiger partial charge >= 0.3 is 0 Å². The van der Waals surface area contributed by atoms with E-state index in [1.807, 2.05) is 16.9 Å². The summed E-state index contributed by atoms with van der Waals surface area (Å²) in [6.07, 6.45) is 6.47. The van der Waals surface area contributed by atoms with Crippen molar-refractivity contribution in [2.75, 3.05) is 0 Å². The van der Waals surface area contributed by atoms with Gasteiger partial charge in [0.1, 0.15) is 0 Å². The van der Waals surface area contributed by atoms with Crippen LogP contribution in [0.5, 0.6) is 0 Å². The Hall–Kier alpha value is -0.830. The maximum absolute atomic E-state index is 10.2. The Balaban J connectivity index is 1.58. The van der Waals surface area contributed by atoms with Crippen LogP contribution in [0.4, 0.5) is 0 Å². The van der Waals surface area contributed by atoms with E-state index in [1.165, 1.54) is 19.3 Å². The first-order valence-corrected chi connectivity index (χ1v) is 6.85. The van der Waals surface area contributed by atoms with Gasteiger partial charge in [0, 0.05) is 18.7 Å². The van der Waals surface area contributed by atoms with E-state index in [4.69, 9.17) is 0 Å². The molecule has 0 amide bonds. The molecule has 0 radical (unpaired) electrons. The van der Waals surface area contributed by atoms with Crippen molar-refractivity contribution in [2.45, 2.75) is 51.7 Å². The number of rotatable bonds is 4. The van der Waals surface area contributed by atoms with E-state index >= 15 is 0 Å². The van der Waals surface area contributed by atoms with Gasteiger partial charge < -0.3 is 5.11 Å². The van der Waals surface area contributed by atoms with Gasteiger partial charge in [-0.05, 0) is 56.9 Å². The minimum atomic E-state index is -0.182. The second-order valence-electron chi connectivity index (χ2n) is 6.14. The summed E-state index contributed by atoms with van der Waals surface area (Å²) in [5, 5.41) is 14.7. The normalized spacial score (nSPS) is 32.8. The van der Waals surface area contributed by atoms with Crippen LogP contribution < -0.4 is 0 Å². The minimum Gasteiger partial charge on any atom is -0.392 e. The third kappa shape index (κ3) is 2.25. The van der Waals surface area contributed by atoms with Crippen LogP contribution in [0, 0.1) is 17.8 Å². The first kappa shape index (κ1) is 11.3. The third-order valence-corrected chi connectivity index (χ3v) is 4.44. The molecular weight excluding hydrogens is 212 g/mol. The Morgan fingerprint density at radius 1 is 1.35 bits per heavy atom. The molecule has 1 heterocycles. The average Bonchev–Trinajstić information content (AvgIpc) is 2.75. The second-order valence-corrected chi connectivity index (χ2v) is 6.14. The van der Waals surface area contributed by atoms with E-state index in [2.05, 4.69) is 18.9 Å². The van der Waals surface area contributed by atoms with Crippen LogP contribution in [-0.2, 0) is 6.42 Å². The van der Waals surface area contributed by atoms with Crippen molar-refractivity contribution in [1.82, 2.24) is 9.78 Å². The first-order valence-electron chi connectivity index (χ1n) is 6.85. The van der Waals surface area contributed by atoms with Crippen LogP contribution in [0.25, 0.3) is 0 Å². The molecule has 3 nitrogen and oxygen atoms in total. The minimum absolute atomic E-state index is 0.182. The lowest BCUT2D eigenvalue weighted by Gasteiger charge is -2.18. The Bertz CT molecular complexity index is 389. The molecule has 0 spiro atoms. The number of aliphatic hydroxyl groups is 1. The predicted octanol–water partition coefficient (Wildman–Crippen LogP) is 2.41. The van der Waals surface area contributed by atoms with Gasteiger partial charge in [-0.2, -0.15) is 5.10 Å². The van der Waals surface area contributed by atoms with Gasteiger partial charge in [0.2, 0.25) is 0 Å². The number of hydrogen-bond donors (Lipinski definition) is 1. The summed E-state index contributed by atoms with van der Waals surface area (Å²) in [6, 6.07) is 2.44. The lowest BCUT2D eigenvalue weighted by molar-refractivity contribution is 0.103. The van der Waals surface area contributed by atoms with Crippen molar-refractivity contribution >= 4 is 0 Å². The summed E-state index contributed by atoms with van der Waals surface area (Å²) in [5.74, 6) is 2.42. The highest BCUT2D eigenvalue weighted by molar-refractivity contribution is 5.04. The highest BCUT2D eigenvalue weighted by Crippen LogP contribution is 2.55. The molecular formula is C14H22N2O. The molecule has 3 rings (SSSR count). The molecule has 2 aliphatic rings. The van der Waals surface area contributed by atoms with Gasteiger partial charge in [-0.3, -0.25) is 4.68 Å². The van der Waals surface area contributed by atoms with E-state index in [9.17, 15) is 5.11 Å². The smallest absolute Gasteiger partial charge is 0.0650 e. The molecule has 94 valence electrons. The topological polar surface area (TPSA) is 38.0 Å². The number of hydrogen-bond acceptors (Lipinski definition) is 2. The zero-order valence-corrected chi connectivity index (χ0v) is 10.7. The molecule has 3 heteroatoms. The zero-order chi connectivity index (χ0) is 12.0. The van der Waals surface area contributed by atoms with Crippen molar-refractivity contribution in [3.05, 3.63) is 18.0 Å². The predicted molar refractivity (Wildman–Crippen MR) is 66.6 cm³/mol. The molecule has 1 aromatic heterocycles. The second kappa shape index (κ2) is 4.13. The number of nitrogens with zero attached hydrogens (tertiary/aromatic N) is 2. The van der Waals surface area contributed by atoms with Gasteiger partial charge in [0.05, 0.1) is 11.8 Å². The lowest BCUT2D eigenvalue weighted by atomic mass is 9.94. The monoisotopic (exact) mass is 234 g/mol. The number of aromatic nitrogens is 2. The molecule has 2 saturated carbocycles. The summed E-state index contributed by atoms with van der Waals surface area (Å²) in [6.45, 7) is 4.25. The molecule has 0 saturated heterocycles. The molecule has 0 aromatic carbocycles. The highest BCUT2D eigenvalue weighted by Gasteiger charge is 2.47. The summed E-state index contributed by atoms with van der Waals surface area (Å²) in [4.78, 5) is 0. The average molecular weight is 234 g/mol. The molecule has 1 N–H and O–H groups in total. The summed E-state index contributed by atoms with van der Waals surface area (Å²) in [5.41, 5.74) is 1.03. The fourth-order valence-corrected chi connectivity index (χ4v) is 3.23. The maximum atomic E-state index is 10.2. The van der Waals surface area contributed by atoms with Gasteiger partial charge in [0.15, 0.2) is 0 Å². The van der Waals surface area contributed by atoms with Crippen molar-refractivity contribution in [1.29, 1.82) is 0 Å². The molecule has 0 bridgehead atoms. The Labute approximate surface area is 103 Å². The third-order valence-electron chi connectivity index (χ3n) is 4.44. The van der Waals surface area contributed by atoms with Gasteiger partial charge in [0.25, 0.3) is 0 Å². The Kier molecular flexibility index (Phi) is 2.74. The van der Waals surface area contributed by atoms with Crippen LogP contribution in [0.3, 0.4) is 0 Å². The molecule has 2 fully saturated rings. The first-order chi connectivity index (χ1) is 8.13. The van der Waals surface area contributed by atoms with E-state index in [-0.39, 0.29) is 6.10 Å². The lowest BCUT2D eigenvalue weighted by Crippen LogP contribution is -2.22. The van der Waals surface area contributed by atoms with Gasteiger partial charge in [-0.25, -0.2) is 0 Å². The number of fused-ring (bicyclic) bond motifs is 1. The number of aliphatic hydroxyl groups excluding tert-OH is 1. The summed E-state index contributed by atoms with van der Waals surface area (Å²) in [7, 11) is 0.